The first-order chi connectivity index (χ1) is 19.6. The molecule has 218 valence electrons. The van der Waals surface area contributed by atoms with Gasteiger partial charge in [0.05, 0.1) is 5.69 Å². The zero-order valence-corrected chi connectivity index (χ0v) is 26.2. The fourth-order valence-corrected chi connectivity index (χ4v) is 6.77. The molecule has 3 heterocycles. The van der Waals surface area contributed by atoms with Gasteiger partial charge in [0, 0.05) is 90.5 Å². The van der Waals surface area contributed by atoms with Crippen LogP contribution in [0, 0.1) is 0 Å². The molecule has 5 rings (SSSR count). The third-order valence-corrected chi connectivity index (χ3v) is 9.53. The fourth-order valence-electron chi connectivity index (χ4n) is 5.59. The molecule has 0 radical (unpaired) electrons. The Morgan fingerprint density at radius 1 is 0.902 bits per heavy atom. The molecule has 3 aliphatic rings. The van der Waals surface area contributed by atoms with E-state index in [1.807, 2.05) is 21.9 Å². The van der Waals surface area contributed by atoms with Gasteiger partial charge in [-0.2, -0.15) is 0 Å². The first-order valence-electron chi connectivity index (χ1n) is 13.8. The summed E-state index contributed by atoms with van der Waals surface area (Å²) in [5.41, 5.74) is 9.16. The van der Waals surface area contributed by atoms with Gasteiger partial charge >= 0.3 is 6.03 Å². The summed E-state index contributed by atoms with van der Waals surface area (Å²) in [6, 6.07) is 8.73. The number of nitrogen functional groups attached to an aromatic ring is 1. The van der Waals surface area contributed by atoms with Gasteiger partial charge in [-0.25, -0.2) is 4.79 Å². The van der Waals surface area contributed by atoms with Crippen molar-refractivity contribution in [3.8, 4) is 0 Å². The predicted octanol–water partition coefficient (Wildman–Crippen LogP) is 4.18. The third-order valence-electron chi connectivity index (χ3n) is 8.22. The number of amides is 4. The Bertz CT molecular complexity index is 1350. The first-order valence-corrected chi connectivity index (χ1v) is 15.4. The lowest BCUT2D eigenvalue weighted by molar-refractivity contribution is -0.132. The molecule has 0 aliphatic carbocycles. The van der Waals surface area contributed by atoms with E-state index in [0.717, 1.165) is 18.7 Å². The van der Waals surface area contributed by atoms with Crippen LogP contribution >= 0.6 is 31.9 Å². The van der Waals surface area contributed by atoms with Crippen molar-refractivity contribution in [1.29, 1.82) is 0 Å². The van der Waals surface area contributed by atoms with Gasteiger partial charge < -0.3 is 30.7 Å². The number of halogens is 2. The molecule has 2 saturated heterocycles. The van der Waals surface area contributed by atoms with Crippen LogP contribution in [0.4, 0.5) is 16.2 Å². The lowest BCUT2D eigenvalue weighted by Crippen LogP contribution is -2.51. The van der Waals surface area contributed by atoms with Crippen LogP contribution in [0.2, 0.25) is 0 Å². The molecule has 0 atom stereocenters. The maximum absolute atomic E-state index is 13.1. The number of piperazine rings is 1. The Labute approximate surface area is 256 Å². The number of nitrogens with two attached hydrogens (primary N) is 1. The third kappa shape index (κ3) is 6.60. The zero-order valence-electron chi connectivity index (χ0n) is 23.0. The second kappa shape index (κ2) is 12.5. The zero-order chi connectivity index (χ0) is 29.3. The van der Waals surface area contributed by atoms with Crippen molar-refractivity contribution in [2.75, 3.05) is 57.4 Å². The number of nitrogens with one attached hydrogen (secondary N) is 1. The van der Waals surface area contributed by atoms with E-state index in [1.54, 1.807) is 23.1 Å². The Morgan fingerprint density at radius 2 is 1.56 bits per heavy atom. The number of likely N-dealkylation sites (N-methyl/N-ethyl adjacent to an activating group) is 1. The fraction of sp³-hybridized carbons (Fsp3) is 0.448. The number of carbonyl (C=O) groups excluding carboxylic acids is 4. The van der Waals surface area contributed by atoms with Crippen molar-refractivity contribution in [3.63, 3.8) is 0 Å². The smallest absolute Gasteiger partial charge is 0.322 e. The normalized spacial score (nSPS) is 18.2. The number of likely N-dealkylation sites (tertiary alicyclic amines) is 1. The molecule has 0 saturated carbocycles. The molecule has 0 aromatic heterocycles. The van der Waals surface area contributed by atoms with Crippen LogP contribution in [-0.4, -0.2) is 95.6 Å². The Balaban J connectivity index is 1.12. The number of carbonyl (C=O) groups is 4. The van der Waals surface area contributed by atoms with Gasteiger partial charge in [-0.15, -0.1) is 0 Å². The van der Waals surface area contributed by atoms with Gasteiger partial charge in [0.1, 0.15) is 0 Å². The molecule has 41 heavy (non-hydrogen) atoms. The summed E-state index contributed by atoms with van der Waals surface area (Å²) in [6.07, 6.45) is 1.59. The second-order valence-corrected chi connectivity index (χ2v) is 12.6. The molecule has 4 amide bonds. The van der Waals surface area contributed by atoms with Crippen molar-refractivity contribution < 1.29 is 19.2 Å². The molecule has 3 aliphatic heterocycles. The number of benzene rings is 2. The van der Waals surface area contributed by atoms with Crippen LogP contribution in [0.1, 0.15) is 52.0 Å². The Hall–Kier alpha value is -2.96. The highest BCUT2D eigenvalue weighted by Crippen LogP contribution is 2.31. The van der Waals surface area contributed by atoms with Crippen LogP contribution in [0.5, 0.6) is 0 Å². The van der Waals surface area contributed by atoms with Crippen molar-refractivity contribution in [1.82, 2.24) is 19.6 Å². The molecule has 0 bridgehead atoms. The van der Waals surface area contributed by atoms with E-state index in [-0.39, 0.29) is 42.5 Å². The molecule has 12 heteroatoms. The SMILES string of the molecule is CN1CCN(C(=O)c2ccc3c(c2)NC(=O)N(C2CCN(C(=O)CCC(=O)c4cc(Br)c(N)c(Br)c4)CC2)C3)CC1. The van der Waals surface area contributed by atoms with Crippen molar-refractivity contribution in [2.24, 2.45) is 0 Å². The standard InChI is InChI=1S/C29H34Br2N6O4/c1-34-10-12-36(13-11-34)28(40)18-2-3-19-17-37(29(41)33-24(19)16-18)21-6-8-35(9-7-21)26(39)5-4-25(38)20-14-22(30)27(32)23(31)15-20/h2-3,14-16,21H,4-13,17,32H2,1H3,(H,33,41). The molecule has 0 spiro atoms. The van der Waals surface area contributed by atoms with E-state index in [4.69, 9.17) is 5.73 Å². The summed E-state index contributed by atoms with van der Waals surface area (Å²) in [5.74, 6) is -0.187. The number of hydrogen-bond donors (Lipinski definition) is 2. The van der Waals surface area contributed by atoms with Gasteiger partial charge in [-0.05, 0) is 81.6 Å². The molecule has 2 fully saturated rings. The summed E-state index contributed by atoms with van der Waals surface area (Å²) < 4.78 is 1.26. The van der Waals surface area contributed by atoms with Gasteiger partial charge in [-0.3, -0.25) is 14.4 Å². The minimum absolute atomic E-state index is 0.00459. The van der Waals surface area contributed by atoms with Crippen molar-refractivity contribution in [2.45, 2.75) is 38.3 Å². The van der Waals surface area contributed by atoms with Crippen LogP contribution in [-0.2, 0) is 11.3 Å². The van der Waals surface area contributed by atoms with Gasteiger partial charge in [-0.1, -0.05) is 6.07 Å². The molecule has 2 aromatic carbocycles. The lowest BCUT2D eigenvalue weighted by atomic mass is 9.99. The van der Waals surface area contributed by atoms with E-state index >= 15 is 0 Å². The van der Waals surface area contributed by atoms with E-state index in [0.29, 0.717) is 77.0 Å². The van der Waals surface area contributed by atoms with Crippen LogP contribution < -0.4 is 11.1 Å². The second-order valence-electron chi connectivity index (χ2n) is 10.9. The highest BCUT2D eigenvalue weighted by atomic mass is 79.9. The van der Waals surface area contributed by atoms with Crippen molar-refractivity contribution in [3.05, 3.63) is 56.0 Å². The quantitative estimate of drug-likeness (QED) is 0.347. The summed E-state index contributed by atoms with van der Waals surface area (Å²) in [6.45, 7) is 4.63. The molecule has 3 N–H and O–H groups in total. The van der Waals surface area contributed by atoms with Gasteiger partial charge in [0.2, 0.25) is 5.91 Å². The summed E-state index contributed by atoms with van der Waals surface area (Å²) in [4.78, 5) is 59.2. The number of anilines is 2. The molecular formula is C29H34Br2N6O4. The van der Waals surface area contributed by atoms with Crippen molar-refractivity contribution >= 4 is 66.9 Å². The molecule has 2 aromatic rings. The number of ketones is 1. The van der Waals surface area contributed by atoms with E-state index in [2.05, 4.69) is 49.1 Å². The van der Waals surface area contributed by atoms with Crippen LogP contribution in [0.25, 0.3) is 0 Å². The minimum Gasteiger partial charge on any atom is -0.397 e. The monoisotopic (exact) mass is 688 g/mol. The van der Waals surface area contributed by atoms with E-state index in [9.17, 15) is 19.2 Å². The van der Waals surface area contributed by atoms with Gasteiger partial charge in [0.25, 0.3) is 5.91 Å². The predicted molar refractivity (Wildman–Crippen MR) is 164 cm³/mol. The number of fused-ring (bicyclic) bond motifs is 1. The highest BCUT2D eigenvalue weighted by Gasteiger charge is 2.33. The topological polar surface area (TPSA) is 119 Å². The maximum atomic E-state index is 13.1. The largest absolute Gasteiger partial charge is 0.397 e. The lowest BCUT2D eigenvalue weighted by Gasteiger charge is -2.40. The molecule has 0 unspecified atom stereocenters. The summed E-state index contributed by atoms with van der Waals surface area (Å²) in [7, 11) is 2.05. The number of Topliss-reactive ketones (excluding diaryl/α,β-unsaturated/α-hetero) is 1. The maximum Gasteiger partial charge on any atom is 0.322 e. The summed E-state index contributed by atoms with van der Waals surface area (Å²) in [5, 5.41) is 2.98. The first kappa shape index (κ1) is 29.5. The number of nitrogens with zero attached hydrogens (tertiary/aromatic N) is 4. The summed E-state index contributed by atoms with van der Waals surface area (Å²) >= 11 is 6.71. The highest BCUT2D eigenvalue weighted by molar-refractivity contribution is 9.11. The molecule has 10 nitrogen and oxygen atoms in total. The van der Waals surface area contributed by atoms with Crippen LogP contribution in [0.3, 0.4) is 0 Å². The average Bonchev–Trinajstić information content (AvgIpc) is 2.97. The van der Waals surface area contributed by atoms with E-state index in [1.165, 1.54) is 0 Å². The number of rotatable bonds is 6. The Kier molecular flexibility index (Phi) is 9.00. The van der Waals surface area contributed by atoms with Gasteiger partial charge in [0.15, 0.2) is 5.78 Å². The average molecular weight is 690 g/mol. The number of urea groups is 1. The Morgan fingerprint density at radius 3 is 2.22 bits per heavy atom. The van der Waals surface area contributed by atoms with Crippen LogP contribution in [0.15, 0.2) is 39.3 Å². The molecular weight excluding hydrogens is 656 g/mol. The minimum atomic E-state index is -0.183. The number of piperidine rings is 1. The number of hydrogen-bond acceptors (Lipinski definition) is 6. The van der Waals surface area contributed by atoms with E-state index < -0.39 is 0 Å².